The lowest BCUT2D eigenvalue weighted by atomic mass is 10.1. The topological polar surface area (TPSA) is 95.5 Å². The van der Waals surface area contributed by atoms with Gasteiger partial charge in [-0.15, -0.1) is 0 Å². The molecule has 0 radical (unpaired) electrons. The number of carbonyl (C=O) groups is 2. The van der Waals surface area contributed by atoms with Crippen LogP contribution in [0.25, 0.3) is 11.1 Å². The maximum Gasteiger partial charge on any atom is 0.343 e. The molecule has 0 saturated carbocycles. The highest BCUT2D eigenvalue weighted by molar-refractivity contribution is 9.10. The number of methoxy groups -OCH3 is 2. The van der Waals surface area contributed by atoms with Gasteiger partial charge in [0.25, 0.3) is 5.91 Å². The third-order valence-electron chi connectivity index (χ3n) is 5.52. The summed E-state index contributed by atoms with van der Waals surface area (Å²) in [7, 11) is 2.99. The number of halogens is 1. The molecule has 1 amide bonds. The van der Waals surface area contributed by atoms with Crippen molar-refractivity contribution in [2.75, 3.05) is 20.8 Å². The summed E-state index contributed by atoms with van der Waals surface area (Å²) in [6.45, 7) is -0.221. The molecule has 0 heterocycles. The van der Waals surface area contributed by atoms with Gasteiger partial charge in [0, 0.05) is 10.0 Å². The maximum atomic E-state index is 12.8. The second-order valence-electron chi connectivity index (χ2n) is 8.11. The molecule has 0 fully saturated rings. The van der Waals surface area contributed by atoms with Crippen molar-refractivity contribution in [3.8, 4) is 34.1 Å². The summed E-state index contributed by atoms with van der Waals surface area (Å²) in [5.41, 5.74) is 5.31. The number of esters is 1. The Bertz CT molecular complexity index is 1470. The summed E-state index contributed by atoms with van der Waals surface area (Å²) >= 11 is 3.39. The lowest BCUT2D eigenvalue weighted by Gasteiger charge is -2.11. The normalized spacial score (nSPS) is 10.6. The van der Waals surface area contributed by atoms with E-state index in [2.05, 4.69) is 26.5 Å². The fraction of sp³-hybridized carbons (Fsp3) is 0.100. The Labute approximate surface area is 234 Å². The minimum Gasteiger partial charge on any atom is -0.493 e. The molecule has 0 bridgehead atoms. The molecule has 0 atom stereocenters. The predicted octanol–water partition coefficient (Wildman–Crippen LogP) is 5.88. The molecule has 8 nitrogen and oxygen atoms in total. The van der Waals surface area contributed by atoms with Crippen LogP contribution in [0.15, 0.2) is 101 Å². The Morgan fingerprint density at radius 1 is 0.821 bits per heavy atom. The van der Waals surface area contributed by atoms with E-state index < -0.39 is 11.9 Å². The summed E-state index contributed by atoms with van der Waals surface area (Å²) < 4.78 is 22.3. The number of rotatable bonds is 10. The van der Waals surface area contributed by atoms with Crippen molar-refractivity contribution in [2.45, 2.75) is 0 Å². The van der Waals surface area contributed by atoms with E-state index in [1.165, 1.54) is 26.5 Å². The van der Waals surface area contributed by atoms with Gasteiger partial charge in [0.15, 0.2) is 18.1 Å². The maximum absolute atomic E-state index is 12.8. The summed E-state index contributed by atoms with van der Waals surface area (Å²) in [5.74, 6) is 0.674. The molecule has 0 saturated heterocycles. The number of ether oxygens (including phenoxy) is 4. The fourth-order valence-corrected chi connectivity index (χ4v) is 3.94. The fourth-order valence-electron chi connectivity index (χ4n) is 3.56. The van der Waals surface area contributed by atoms with Gasteiger partial charge in [0.2, 0.25) is 0 Å². The highest BCUT2D eigenvalue weighted by atomic mass is 79.9. The molecular formula is C30H25BrN2O6. The van der Waals surface area contributed by atoms with Crippen molar-refractivity contribution in [2.24, 2.45) is 5.10 Å². The second kappa shape index (κ2) is 13.3. The average Bonchev–Trinajstić information content (AvgIpc) is 2.97. The van der Waals surface area contributed by atoms with Crippen molar-refractivity contribution in [1.29, 1.82) is 0 Å². The Kier molecular flexibility index (Phi) is 9.31. The Hall–Kier alpha value is -4.63. The van der Waals surface area contributed by atoms with E-state index in [1.807, 2.05) is 42.5 Å². The van der Waals surface area contributed by atoms with Gasteiger partial charge in [-0.05, 0) is 59.7 Å². The van der Waals surface area contributed by atoms with Crippen LogP contribution in [0.5, 0.6) is 23.0 Å². The van der Waals surface area contributed by atoms with Gasteiger partial charge in [0.1, 0.15) is 11.5 Å². The first-order valence-corrected chi connectivity index (χ1v) is 12.6. The number of hydrogen-bond acceptors (Lipinski definition) is 7. The summed E-state index contributed by atoms with van der Waals surface area (Å²) in [6.07, 6.45) is 1.38. The minimum atomic E-state index is -0.594. The van der Waals surface area contributed by atoms with Crippen LogP contribution in [0.4, 0.5) is 0 Å². The van der Waals surface area contributed by atoms with Crippen molar-refractivity contribution in [1.82, 2.24) is 5.43 Å². The van der Waals surface area contributed by atoms with Gasteiger partial charge < -0.3 is 18.9 Å². The summed E-state index contributed by atoms with van der Waals surface area (Å²) in [5, 5.41) is 3.99. The molecule has 0 unspecified atom stereocenters. The second-order valence-corrected chi connectivity index (χ2v) is 9.03. The Balaban J connectivity index is 1.35. The lowest BCUT2D eigenvalue weighted by molar-refractivity contribution is -0.123. The van der Waals surface area contributed by atoms with E-state index in [9.17, 15) is 9.59 Å². The summed E-state index contributed by atoms with van der Waals surface area (Å²) in [4.78, 5) is 25.0. The first kappa shape index (κ1) is 27.4. The zero-order valence-corrected chi connectivity index (χ0v) is 22.8. The third kappa shape index (κ3) is 7.45. The highest BCUT2D eigenvalue weighted by Crippen LogP contribution is 2.29. The van der Waals surface area contributed by atoms with Crippen LogP contribution < -0.4 is 24.4 Å². The largest absolute Gasteiger partial charge is 0.493 e. The number of nitrogens with one attached hydrogen (secondary N) is 1. The quantitative estimate of drug-likeness (QED) is 0.107. The zero-order valence-electron chi connectivity index (χ0n) is 21.2. The number of benzene rings is 4. The first-order chi connectivity index (χ1) is 19.0. The SMILES string of the molecule is COc1ccc(C(=O)Oc2ccc(Br)cc2/C=N\NC(=O)COc2ccc(-c3ccccc3)cc2)cc1OC. The molecule has 0 aliphatic rings. The monoisotopic (exact) mass is 588 g/mol. The van der Waals surface area contributed by atoms with Crippen LogP contribution in [0, 0.1) is 0 Å². The van der Waals surface area contributed by atoms with Gasteiger partial charge in [-0.2, -0.15) is 5.10 Å². The highest BCUT2D eigenvalue weighted by Gasteiger charge is 2.15. The van der Waals surface area contributed by atoms with Crippen LogP contribution in [-0.2, 0) is 4.79 Å². The predicted molar refractivity (Wildman–Crippen MR) is 152 cm³/mol. The lowest BCUT2D eigenvalue weighted by Crippen LogP contribution is -2.24. The zero-order chi connectivity index (χ0) is 27.6. The van der Waals surface area contributed by atoms with Crippen LogP contribution in [0.3, 0.4) is 0 Å². The van der Waals surface area contributed by atoms with Crippen molar-refractivity contribution in [3.63, 3.8) is 0 Å². The van der Waals surface area contributed by atoms with Crippen molar-refractivity contribution < 1.29 is 28.5 Å². The smallest absolute Gasteiger partial charge is 0.343 e. The molecule has 9 heteroatoms. The number of amides is 1. The van der Waals surface area contributed by atoms with Gasteiger partial charge in [-0.25, -0.2) is 10.2 Å². The molecule has 1 N–H and O–H groups in total. The summed E-state index contributed by atoms with van der Waals surface area (Å²) in [6, 6.07) is 27.2. The molecule has 0 aliphatic heterocycles. The molecule has 0 spiro atoms. The average molecular weight is 589 g/mol. The first-order valence-electron chi connectivity index (χ1n) is 11.8. The number of hydrazone groups is 1. The van der Waals surface area contributed by atoms with Gasteiger partial charge in [-0.3, -0.25) is 4.79 Å². The molecule has 4 rings (SSSR count). The van der Waals surface area contributed by atoms with Gasteiger partial charge in [0.05, 0.1) is 26.0 Å². The molecule has 0 aliphatic carbocycles. The van der Waals surface area contributed by atoms with Crippen molar-refractivity contribution in [3.05, 3.63) is 107 Å². The number of nitrogens with zero attached hydrogens (tertiary/aromatic N) is 1. The Morgan fingerprint density at radius 3 is 2.23 bits per heavy atom. The molecule has 4 aromatic rings. The number of hydrogen-bond donors (Lipinski definition) is 1. The van der Waals surface area contributed by atoms with Crippen LogP contribution in [0.2, 0.25) is 0 Å². The van der Waals surface area contributed by atoms with E-state index in [-0.39, 0.29) is 17.9 Å². The molecular weight excluding hydrogens is 564 g/mol. The van der Waals surface area contributed by atoms with Crippen molar-refractivity contribution >= 4 is 34.0 Å². The third-order valence-corrected chi connectivity index (χ3v) is 6.01. The van der Waals surface area contributed by atoms with Gasteiger partial charge in [-0.1, -0.05) is 58.4 Å². The molecule has 198 valence electrons. The van der Waals surface area contributed by atoms with E-state index >= 15 is 0 Å². The van der Waals surface area contributed by atoms with E-state index in [0.717, 1.165) is 15.6 Å². The Morgan fingerprint density at radius 2 is 1.51 bits per heavy atom. The van der Waals surface area contributed by atoms with E-state index in [1.54, 1.807) is 42.5 Å². The molecule has 0 aromatic heterocycles. The molecule has 4 aromatic carbocycles. The van der Waals surface area contributed by atoms with E-state index in [0.29, 0.717) is 22.8 Å². The minimum absolute atomic E-state index is 0.221. The van der Waals surface area contributed by atoms with Crippen LogP contribution in [0.1, 0.15) is 15.9 Å². The van der Waals surface area contributed by atoms with Gasteiger partial charge >= 0.3 is 5.97 Å². The van der Waals surface area contributed by atoms with Crippen LogP contribution >= 0.6 is 15.9 Å². The molecule has 39 heavy (non-hydrogen) atoms. The van der Waals surface area contributed by atoms with Crippen LogP contribution in [-0.4, -0.2) is 38.9 Å². The number of carbonyl (C=O) groups excluding carboxylic acids is 2. The van der Waals surface area contributed by atoms with E-state index in [4.69, 9.17) is 18.9 Å². The standard InChI is InChI=1S/C30H25BrN2O6/c1-36-27-14-10-22(17-28(27)37-2)30(35)39-26-15-11-24(31)16-23(26)18-32-33-29(34)19-38-25-12-8-21(9-13-25)20-6-4-3-5-7-20/h3-18H,19H2,1-2H3,(H,33,34)/b32-18-.